The molecular formula is C15H15NOS. The van der Waals surface area contributed by atoms with Gasteiger partial charge in [0.25, 0.3) is 0 Å². The van der Waals surface area contributed by atoms with Gasteiger partial charge in [-0.2, -0.15) is 0 Å². The zero-order valence-electron chi connectivity index (χ0n) is 10.3. The van der Waals surface area contributed by atoms with Gasteiger partial charge in [0.1, 0.15) is 0 Å². The Hall–Kier alpha value is -1.61. The van der Waals surface area contributed by atoms with Crippen molar-refractivity contribution in [2.75, 3.05) is 11.9 Å². The number of rotatable bonds is 3. The van der Waals surface area contributed by atoms with Crippen LogP contribution in [0.4, 0.5) is 5.69 Å². The number of benzene rings is 1. The Kier molecular flexibility index (Phi) is 2.92. The van der Waals surface area contributed by atoms with Crippen LogP contribution in [0, 0.1) is 6.92 Å². The molecule has 1 unspecified atom stereocenters. The molecule has 2 heterocycles. The third kappa shape index (κ3) is 1.95. The Bertz CT molecular complexity index is 588. The number of ketones is 1. The number of para-hydroxylation sites is 1. The predicted molar refractivity (Wildman–Crippen MR) is 75.7 cm³/mol. The van der Waals surface area contributed by atoms with Gasteiger partial charge >= 0.3 is 0 Å². The predicted octanol–water partition coefficient (Wildman–Crippen LogP) is 3.84. The van der Waals surface area contributed by atoms with Gasteiger partial charge in [0.15, 0.2) is 5.78 Å². The Morgan fingerprint density at radius 3 is 3.00 bits per heavy atom. The minimum Gasteiger partial charge on any atom is -0.384 e. The van der Waals surface area contributed by atoms with Crippen LogP contribution in [0.15, 0.2) is 35.7 Å². The van der Waals surface area contributed by atoms with E-state index in [1.54, 1.807) is 11.3 Å². The minimum atomic E-state index is 0.261. The fourth-order valence-corrected chi connectivity index (χ4v) is 3.26. The summed E-state index contributed by atoms with van der Waals surface area (Å²) in [6.07, 6.45) is 0.599. The number of anilines is 1. The molecule has 3 rings (SSSR count). The number of hydrogen-bond acceptors (Lipinski definition) is 3. The molecule has 0 radical (unpaired) electrons. The number of Topliss-reactive ketones (excluding diaryl/α,β-unsaturated/α-hetero) is 1. The van der Waals surface area contributed by atoms with Gasteiger partial charge in [0.05, 0.1) is 0 Å². The van der Waals surface area contributed by atoms with Gasteiger partial charge in [-0.1, -0.05) is 18.2 Å². The highest BCUT2D eigenvalue weighted by Gasteiger charge is 2.25. The molecule has 18 heavy (non-hydrogen) atoms. The van der Waals surface area contributed by atoms with E-state index in [9.17, 15) is 4.79 Å². The van der Waals surface area contributed by atoms with Gasteiger partial charge < -0.3 is 5.32 Å². The summed E-state index contributed by atoms with van der Waals surface area (Å²) in [4.78, 5) is 13.4. The molecule has 1 aromatic carbocycles. The molecule has 92 valence electrons. The van der Waals surface area contributed by atoms with E-state index >= 15 is 0 Å². The van der Waals surface area contributed by atoms with E-state index in [2.05, 4.69) is 17.4 Å². The van der Waals surface area contributed by atoms with Crippen molar-refractivity contribution in [3.05, 3.63) is 51.7 Å². The summed E-state index contributed by atoms with van der Waals surface area (Å²) in [6.45, 7) is 2.88. The van der Waals surface area contributed by atoms with Crippen LogP contribution in [-0.4, -0.2) is 12.3 Å². The van der Waals surface area contributed by atoms with Crippen molar-refractivity contribution in [2.24, 2.45) is 0 Å². The van der Waals surface area contributed by atoms with Crippen molar-refractivity contribution < 1.29 is 4.79 Å². The second-order valence-electron chi connectivity index (χ2n) is 4.68. The summed E-state index contributed by atoms with van der Waals surface area (Å²) in [6, 6.07) is 10.2. The first-order valence-electron chi connectivity index (χ1n) is 6.16. The third-order valence-electron chi connectivity index (χ3n) is 3.53. The lowest BCUT2D eigenvalue weighted by Crippen LogP contribution is -2.09. The number of hydrogen-bond donors (Lipinski definition) is 1. The van der Waals surface area contributed by atoms with Crippen LogP contribution in [-0.2, 0) is 0 Å². The maximum atomic E-state index is 12.3. The quantitative estimate of drug-likeness (QED) is 0.846. The molecule has 0 aliphatic carbocycles. The van der Waals surface area contributed by atoms with E-state index in [0.717, 1.165) is 17.0 Å². The van der Waals surface area contributed by atoms with Crippen LogP contribution in [0.25, 0.3) is 0 Å². The van der Waals surface area contributed by atoms with Crippen molar-refractivity contribution >= 4 is 22.8 Å². The Labute approximate surface area is 111 Å². The summed E-state index contributed by atoms with van der Waals surface area (Å²) in [5.74, 6) is 0.574. The van der Waals surface area contributed by atoms with E-state index in [1.807, 2.05) is 30.5 Å². The summed E-state index contributed by atoms with van der Waals surface area (Å²) >= 11 is 1.64. The molecule has 1 aromatic heterocycles. The zero-order valence-corrected chi connectivity index (χ0v) is 11.1. The monoisotopic (exact) mass is 257 g/mol. The van der Waals surface area contributed by atoms with Crippen molar-refractivity contribution in [1.82, 2.24) is 0 Å². The Morgan fingerprint density at radius 1 is 1.39 bits per heavy atom. The minimum absolute atomic E-state index is 0.261. The first-order valence-corrected chi connectivity index (χ1v) is 7.04. The van der Waals surface area contributed by atoms with Gasteiger partial charge in [-0.25, -0.2) is 0 Å². The van der Waals surface area contributed by atoms with Gasteiger partial charge in [-0.15, -0.1) is 11.3 Å². The first kappa shape index (κ1) is 11.5. The Morgan fingerprint density at radius 2 is 2.22 bits per heavy atom. The van der Waals surface area contributed by atoms with Crippen molar-refractivity contribution in [3.8, 4) is 0 Å². The topological polar surface area (TPSA) is 29.1 Å². The van der Waals surface area contributed by atoms with Crippen LogP contribution < -0.4 is 5.32 Å². The van der Waals surface area contributed by atoms with Gasteiger partial charge in [-0.3, -0.25) is 4.79 Å². The highest BCUT2D eigenvalue weighted by molar-refractivity contribution is 7.10. The molecule has 2 aromatic rings. The lowest BCUT2D eigenvalue weighted by molar-refractivity contribution is 0.0975. The molecule has 0 saturated carbocycles. The second-order valence-corrected chi connectivity index (χ2v) is 5.80. The summed E-state index contributed by atoms with van der Waals surface area (Å²) in [5, 5.41) is 5.36. The summed E-state index contributed by atoms with van der Waals surface area (Å²) in [5.41, 5.74) is 3.35. The molecule has 1 atom stereocenters. The lowest BCUT2D eigenvalue weighted by Gasteiger charge is -2.08. The molecule has 0 fully saturated rings. The highest BCUT2D eigenvalue weighted by Crippen LogP contribution is 2.34. The maximum Gasteiger partial charge on any atom is 0.164 e. The van der Waals surface area contributed by atoms with Crippen molar-refractivity contribution in [3.63, 3.8) is 0 Å². The molecule has 2 nitrogen and oxygen atoms in total. The number of carbonyl (C=O) groups is 1. The average molecular weight is 257 g/mol. The van der Waals surface area contributed by atoms with Crippen molar-refractivity contribution in [2.45, 2.75) is 19.3 Å². The van der Waals surface area contributed by atoms with E-state index in [4.69, 9.17) is 0 Å². The van der Waals surface area contributed by atoms with E-state index in [0.29, 0.717) is 12.3 Å². The van der Waals surface area contributed by atoms with Crippen molar-refractivity contribution in [1.29, 1.82) is 0 Å². The Balaban J connectivity index is 1.79. The van der Waals surface area contributed by atoms with Crippen LogP contribution in [0.1, 0.15) is 33.1 Å². The smallest absolute Gasteiger partial charge is 0.164 e. The molecule has 0 saturated heterocycles. The number of carbonyl (C=O) groups excluding carboxylic acids is 1. The normalized spacial score (nSPS) is 17.3. The highest BCUT2D eigenvalue weighted by atomic mass is 32.1. The fraction of sp³-hybridized carbons (Fsp3) is 0.267. The fourth-order valence-electron chi connectivity index (χ4n) is 2.55. The lowest BCUT2D eigenvalue weighted by atomic mass is 9.93. The molecule has 3 heteroatoms. The van der Waals surface area contributed by atoms with Gasteiger partial charge in [0, 0.05) is 35.0 Å². The number of aryl methyl sites for hydroxylation is 1. The number of nitrogens with one attached hydrogen (secondary N) is 1. The summed E-state index contributed by atoms with van der Waals surface area (Å²) < 4.78 is 0. The zero-order chi connectivity index (χ0) is 12.5. The van der Waals surface area contributed by atoms with Gasteiger partial charge in [0.2, 0.25) is 0 Å². The second kappa shape index (κ2) is 4.58. The standard InChI is InChI=1S/C15H15NOS/c1-10-12(6-7-18-10)15(17)8-11-9-16-14-5-3-2-4-13(11)14/h2-7,11,16H,8-9H2,1H3. The number of fused-ring (bicyclic) bond motifs is 1. The van der Waals surface area contributed by atoms with E-state index < -0.39 is 0 Å². The van der Waals surface area contributed by atoms with E-state index in [-0.39, 0.29) is 5.78 Å². The molecule has 0 amide bonds. The average Bonchev–Trinajstić information content (AvgIpc) is 2.97. The van der Waals surface area contributed by atoms with Crippen LogP contribution in [0.3, 0.4) is 0 Å². The largest absolute Gasteiger partial charge is 0.384 e. The first-order chi connectivity index (χ1) is 8.75. The molecule has 0 spiro atoms. The third-order valence-corrected chi connectivity index (χ3v) is 4.38. The van der Waals surface area contributed by atoms with Gasteiger partial charge in [-0.05, 0) is 30.0 Å². The molecular weight excluding hydrogens is 242 g/mol. The SMILES string of the molecule is Cc1sccc1C(=O)CC1CNc2ccccc21. The van der Waals surface area contributed by atoms with E-state index in [1.165, 1.54) is 11.3 Å². The molecule has 1 aliphatic heterocycles. The maximum absolute atomic E-state index is 12.3. The van der Waals surface area contributed by atoms with Crippen LogP contribution in [0.2, 0.25) is 0 Å². The number of thiophene rings is 1. The molecule has 1 aliphatic rings. The van der Waals surface area contributed by atoms with Crippen LogP contribution >= 0.6 is 11.3 Å². The van der Waals surface area contributed by atoms with Crippen LogP contribution in [0.5, 0.6) is 0 Å². The molecule has 1 N–H and O–H groups in total. The molecule has 0 bridgehead atoms. The summed E-state index contributed by atoms with van der Waals surface area (Å²) in [7, 11) is 0.